The maximum Gasteiger partial charge on any atom is 0.325 e. The monoisotopic (exact) mass is 271 g/mol. The summed E-state index contributed by atoms with van der Waals surface area (Å²) in [7, 11) is 0. The first-order chi connectivity index (χ1) is 9.56. The normalized spacial score (nSPS) is 12.7. The van der Waals surface area contributed by atoms with Crippen LogP contribution in [-0.4, -0.2) is 27.1 Å². The highest BCUT2D eigenvalue weighted by atomic mass is 16.4. The minimum atomic E-state index is -0.953. The molecule has 3 rings (SSSR count). The maximum absolute atomic E-state index is 11.0. The average molecular weight is 271 g/mol. The molecule has 0 aliphatic carbocycles. The highest BCUT2D eigenvalue weighted by molar-refractivity contribution is 6.05. The number of hydrogen-bond donors (Lipinski definition) is 2. The Kier molecular flexibility index (Phi) is 2.78. The molecule has 0 saturated heterocycles. The molecule has 2 heterocycles. The van der Waals surface area contributed by atoms with Crippen molar-refractivity contribution in [3.63, 3.8) is 0 Å². The second kappa shape index (κ2) is 4.48. The number of aryl methyl sites for hydroxylation is 1. The van der Waals surface area contributed by atoms with E-state index in [1.807, 2.05) is 24.3 Å². The molecule has 102 valence electrons. The van der Waals surface area contributed by atoms with Gasteiger partial charge in [-0.2, -0.15) is 0 Å². The molecule has 1 unspecified atom stereocenters. The first-order valence-corrected chi connectivity index (χ1v) is 6.21. The third kappa shape index (κ3) is 1.95. The fourth-order valence-electron chi connectivity index (χ4n) is 2.07. The van der Waals surface area contributed by atoms with Crippen molar-refractivity contribution in [3.05, 3.63) is 30.1 Å². The van der Waals surface area contributed by atoms with Crippen LogP contribution in [0.1, 0.15) is 12.7 Å². The molecule has 0 spiro atoms. The number of nitrogens with one attached hydrogen (secondary N) is 1. The smallest absolute Gasteiger partial charge is 0.325 e. The number of carboxylic acid groups (broad SMARTS) is 1. The van der Waals surface area contributed by atoms with Gasteiger partial charge >= 0.3 is 5.97 Å². The predicted octanol–water partition coefficient (Wildman–Crippen LogP) is 2.57. The van der Waals surface area contributed by atoms with Crippen molar-refractivity contribution in [1.82, 2.24) is 9.97 Å². The number of benzene rings is 1. The van der Waals surface area contributed by atoms with Gasteiger partial charge in [-0.05, 0) is 26.0 Å². The number of aromatic nitrogens is 2. The molecule has 0 bridgehead atoms. The fraction of sp³-hybridized carbons (Fsp3) is 0.214. The van der Waals surface area contributed by atoms with Gasteiger partial charge in [0.1, 0.15) is 23.0 Å². The van der Waals surface area contributed by atoms with E-state index in [1.165, 1.54) is 0 Å². The summed E-state index contributed by atoms with van der Waals surface area (Å²) in [6.45, 7) is 3.31. The van der Waals surface area contributed by atoms with Gasteiger partial charge in [0.25, 0.3) is 0 Å². The molecule has 0 amide bonds. The van der Waals surface area contributed by atoms with Crippen LogP contribution in [0.2, 0.25) is 0 Å². The van der Waals surface area contributed by atoms with Crippen molar-refractivity contribution < 1.29 is 14.3 Å². The van der Waals surface area contributed by atoms with Crippen molar-refractivity contribution in [3.8, 4) is 0 Å². The minimum absolute atomic E-state index is 0.401. The molecule has 0 radical (unpaired) electrons. The Balaban J connectivity index is 2.23. The lowest BCUT2D eigenvalue weighted by Crippen LogP contribution is -2.26. The van der Waals surface area contributed by atoms with Gasteiger partial charge in [-0.25, -0.2) is 9.97 Å². The Morgan fingerprint density at radius 3 is 2.85 bits per heavy atom. The molecule has 0 fully saturated rings. The van der Waals surface area contributed by atoms with E-state index in [-0.39, 0.29) is 0 Å². The Labute approximate surface area is 114 Å². The summed E-state index contributed by atoms with van der Waals surface area (Å²) in [6.07, 6.45) is 0. The van der Waals surface area contributed by atoms with Gasteiger partial charge in [-0.15, -0.1) is 0 Å². The standard InChI is InChI=1S/C14H13N3O3/c1-7(14(18)19)15-13-12-11(16-8(2)17-13)9-5-3-4-6-10(9)20-12/h3-7H,1-2H3,(H,18,19)(H,15,16,17). The molecule has 0 aliphatic heterocycles. The third-order valence-corrected chi connectivity index (χ3v) is 3.06. The quantitative estimate of drug-likeness (QED) is 0.761. The van der Waals surface area contributed by atoms with Gasteiger partial charge in [0.05, 0.1) is 0 Å². The number of fused-ring (bicyclic) bond motifs is 3. The second-order valence-electron chi connectivity index (χ2n) is 4.60. The van der Waals surface area contributed by atoms with Gasteiger partial charge in [-0.1, -0.05) is 12.1 Å². The molecule has 6 nitrogen and oxygen atoms in total. The van der Waals surface area contributed by atoms with E-state index < -0.39 is 12.0 Å². The number of para-hydroxylation sites is 1. The molecule has 1 aromatic carbocycles. The number of carboxylic acids is 1. The predicted molar refractivity (Wildman–Crippen MR) is 74.8 cm³/mol. The molecule has 1 atom stereocenters. The van der Waals surface area contributed by atoms with Crippen LogP contribution in [0.3, 0.4) is 0 Å². The van der Waals surface area contributed by atoms with Crippen molar-refractivity contribution in [2.75, 3.05) is 5.32 Å². The lowest BCUT2D eigenvalue weighted by atomic mass is 10.2. The molecule has 0 saturated carbocycles. The number of aliphatic carboxylic acids is 1. The van der Waals surface area contributed by atoms with Crippen LogP contribution in [-0.2, 0) is 4.79 Å². The number of rotatable bonds is 3. The summed E-state index contributed by atoms with van der Waals surface area (Å²) in [4.78, 5) is 19.6. The van der Waals surface area contributed by atoms with Crippen LogP contribution >= 0.6 is 0 Å². The van der Waals surface area contributed by atoms with E-state index >= 15 is 0 Å². The summed E-state index contributed by atoms with van der Waals surface area (Å²) in [5.41, 5.74) is 1.87. The molecule has 2 aromatic heterocycles. The van der Waals surface area contributed by atoms with E-state index in [9.17, 15) is 4.79 Å². The lowest BCUT2D eigenvalue weighted by Gasteiger charge is -2.10. The number of carbonyl (C=O) groups is 1. The molecule has 6 heteroatoms. The van der Waals surface area contributed by atoms with Crippen molar-refractivity contribution >= 4 is 33.9 Å². The molecular weight excluding hydrogens is 258 g/mol. The van der Waals surface area contributed by atoms with Crippen LogP contribution in [0.5, 0.6) is 0 Å². The van der Waals surface area contributed by atoms with Crippen LogP contribution in [0, 0.1) is 6.92 Å². The molecule has 3 aromatic rings. The first kappa shape index (κ1) is 12.4. The topological polar surface area (TPSA) is 88.2 Å². The highest BCUT2D eigenvalue weighted by Crippen LogP contribution is 2.31. The zero-order valence-electron chi connectivity index (χ0n) is 11.0. The Morgan fingerprint density at radius 2 is 2.10 bits per heavy atom. The molecular formula is C14H13N3O3. The first-order valence-electron chi connectivity index (χ1n) is 6.21. The van der Waals surface area contributed by atoms with E-state index in [1.54, 1.807) is 13.8 Å². The maximum atomic E-state index is 11.0. The van der Waals surface area contributed by atoms with Gasteiger partial charge in [0, 0.05) is 5.39 Å². The average Bonchev–Trinajstić information content (AvgIpc) is 2.77. The second-order valence-corrected chi connectivity index (χ2v) is 4.60. The fourth-order valence-corrected chi connectivity index (χ4v) is 2.07. The SMILES string of the molecule is Cc1nc(NC(C)C(=O)O)c2oc3ccccc3c2n1. The number of furan rings is 1. The van der Waals surface area contributed by atoms with Crippen LogP contribution in [0.15, 0.2) is 28.7 Å². The van der Waals surface area contributed by atoms with E-state index in [2.05, 4.69) is 15.3 Å². The van der Waals surface area contributed by atoms with Crippen LogP contribution in [0.25, 0.3) is 22.1 Å². The lowest BCUT2D eigenvalue weighted by molar-refractivity contribution is -0.137. The van der Waals surface area contributed by atoms with Crippen molar-refractivity contribution in [2.24, 2.45) is 0 Å². The summed E-state index contributed by atoms with van der Waals surface area (Å²) in [6, 6.07) is 6.77. The van der Waals surface area contributed by atoms with Gasteiger partial charge < -0.3 is 14.8 Å². The summed E-state index contributed by atoms with van der Waals surface area (Å²) in [5, 5.41) is 12.7. The van der Waals surface area contributed by atoms with Crippen molar-refractivity contribution in [1.29, 1.82) is 0 Å². The summed E-state index contributed by atoms with van der Waals surface area (Å²) >= 11 is 0. The molecule has 20 heavy (non-hydrogen) atoms. The van der Waals surface area contributed by atoms with Gasteiger partial charge in [0.15, 0.2) is 11.4 Å². The molecule has 2 N–H and O–H groups in total. The van der Waals surface area contributed by atoms with Crippen LogP contribution < -0.4 is 5.32 Å². The number of anilines is 1. The molecule has 0 aliphatic rings. The Bertz CT molecular complexity index is 810. The van der Waals surface area contributed by atoms with Gasteiger partial charge in [0.2, 0.25) is 0 Å². The van der Waals surface area contributed by atoms with Crippen molar-refractivity contribution in [2.45, 2.75) is 19.9 Å². The van der Waals surface area contributed by atoms with E-state index in [0.29, 0.717) is 28.3 Å². The summed E-state index contributed by atoms with van der Waals surface area (Å²) in [5.74, 6) is 0.00766. The highest BCUT2D eigenvalue weighted by Gasteiger charge is 2.18. The zero-order chi connectivity index (χ0) is 14.3. The van der Waals surface area contributed by atoms with Gasteiger partial charge in [-0.3, -0.25) is 4.79 Å². The third-order valence-electron chi connectivity index (χ3n) is 3.06. The van der Waals surface area contributed by atoms with E-state index in [0.717, 1.165) is 5.39 Å². The number of hydrogen-bond acceptors (Lipinski definition) is 5. The van der Waals surface area contributed by atoms with E-state index in [4.69, 9.17) is 9.52 Å². The summed E-state index contributed by atoms with van der Waals surface area (Å²) < 4.78 is 5.74. The Morgan fingerprint density at radius 1 is 1.35 bits per heavy atom. The minimum Gasteiger partial charge on any atom is -0.480 e. The van der Waals surface area contributed by atoms with Crippen LogP contribution in [0.4, 0.5) is 5.82 Å². The Hall–Kier alpha value is -2.63. The zero-order valence-corrected chi connectivity index (χ0v) is 11.0. The number of nitrogens with zero attached hydrogens (tertiary/aromatic N) is 2. The largest absolute Gasteiger partial charge is 0.480 e.